The lowest BCUT2D eigenvalue weighted by molar-refractivity contribution is -0.384. The topological polar surface area (TPSA) is 115 Å². The zero-order valence-electron chi connectivity index (χ0n) is 13.3. The quantitative estimate of drug-likeness (QED) is 0.455. The molecule has 3 rings (SSSR count). The van der Waals surface area contributed by atoms with Crippen LogP contribution < -0.4 is 20.2 Å². The lowest BCUT2D eigenvalue weighted by atomic mass is 10.2. The predicted molar refractivity (Wildman–Crippen MR) is 94.9 cm³/mol. The van der Waals surface area contributed by atoms with E-state index in [0.29, 0.717) is 22.7 Å². The molecule has 2 N–H and O–H groups in total. The predicted octanol–water partition coefficient (Wildman–Crippen LogP) is 2.54. The van der Waals surface area contributed by atoms with Crippen LogP contribution in [0.25, 0.3) is 0 Å². The molecule has 134 valence electrons. The maximum Gasteiger partial charge on any atom is 0.270 e. The molecule has 10 heteroatoms. The number of hydrogen-bond donors (Lipinski definition) is 2. The van der Waals surface area contributed by atoms with Gasteiger partial charge >= 0.3 is 0 Å². The van der Waals surface area contributed by atoms with Crippen LogP contribution in [0.15, 0.2) is 41.5 Å². The van der Waals surface area contributed by atoms with Gasteiger partial charge in [0.2, 0.25) is 6.79 Å². The van der Waals surface area contributed by atoms with Crippen molar-refractivity contribution in [3.8, 4) is 11.5 Å². The van der Waals surface area contributed by atoms with Crippen LogP contribution >= 0.6 is 11.6 Å². The monoisotopic (exact) mass is 376 g/mol. The molecule has 1 amide bonds. The second-order valence-electron chi connectivity index (χ2n) is 5.18. The second-order valence-corrected chi connectivity index (χ2v) is 5.58. The lowest BCUT2D eigenvalue weighted by Gasteiger charge is -2.06. The van der Waals surface area contributed by atoms with Gasteiger partial charge in [-0.15, -0.1) is 0 Å². The number of benzene rings is 2. The van der Waals surface area contributed by atoms with E-state index in [1.54, 1.807) is 18.2 Å². The van der Waals surface area contributed by atoms with Gasteiger partial charge in [0.15, 0.2) is 11.5 Å². The van der Waals surface area contributed by atoms with E-state index in [1.807, 2.05) is 0 Å². The molecule has 0 aromatic heterocycles. The van der Waals surface area contributed by atoms with E-state index in [1.165, 1.54) is 24.4 Å². The number of halogens is 1. The molecule has 0 fully saturated rings. The molecule has 0 unspecified atom stereocenters. The van der Waals surface area contributed by atoms with Crippen molar-refractivity contribution in [2.45, 2.75) is 0 Å². The van der Waals surface area contributed by atoms with Crippen molar-refractivity contribution < 1.29 is 19.2 Å². The van der Waals surface area contributed by atoms with Crippen molar-refractivity contribution in [2.24, 2.45) is 5.10 Å². The number of fused-ring (bicyclic) bond motifs is 1. The molecule has 0 aliphatic carbocycles. The Hall–Kier alpha value is -3.33. The number of nitrogens with zero attached hydrogens (tertiary/aromatic N) is 2. The van der Waals surface area contributed by atoms with Gasteiger partial charge in [-0.1, -0.05) is 11.6 Å². The summed E-state index contributed by atoms with van der Waals surface area (Å²) in [5.74, 6) is 0.854. The third-order valence-electron chi connectivity index (χ3n) is 3.41. The summed E-state index contributed by atoms with van der Waals surface area (Å²) >= 11 is 5.94. The number of ether oxygens (including phenoxy) is 2. The van der Waals surface area contributed by atoms with E-state index in [0.717, 1.165) is 0 Å². The number of nitro benzene ring substituents is 1. The molecule has 0 bridgehead atoms. The Morgan fingerprint density at radius 3 is 2.88 bits per heavy atom. The maximum atomic E-state index is 11.8. The van der Waals surface area contributed by atoms with Crippen LogP contribution in [0.5, 0.6) is 11.5 Å². The number of rotatable bonds is 6. The highest BCUT2D eigenvalue weighted by Crippen LogP contribution is 2.34. The first kappa shape index (κ1) is 17.5. The number of amides is 1. The van der Waals surface area contributed by atoms with Gasteiger partial charge in [-0.3, -0.25) is 14.9 Å². The normalized spacial score (nSPS) is 12.2. The fraction of sp³-hybridized carbons (Fsp3) is 0.125. The van der Waals surface area contributed by atoms with Gasteiger partial charge in [-0.05, 0) is 18.2 Å². The third-order valence-corrected chi connectivity index (χ3v) is 3.75. The first-order valence-electron chi connectivity index (χ1n) is 7.42. The van der Waals surface area contributed by atoms with Crippen molar-refractivity contribution in [3.05, 3.63) is 57.1 Å². The van der Waals surface area contributed by atoms with Gasteiger partial charge in [-0.25, -0.2) is 5.43 Å². The number of non-ortho nitro benzene ring substituents is 1. The van der Waals surface area contributed by atoms with Crippen molar-refractivity contribution in [1.29, 1.82) is 0 Å². The number of hydrazone groups is 1. The Kier molecular flexibility index (Phi) is 5.18. The summed E-state index contributed by atoms with van der Waals surface area (Å²) in [4.78, 5) is 22.0. The minimum atomic E-state index is -0.540. The van der Waals surface area contributed by atoms with Crippen LogP contribution in [0.2, 0.25) is 5.02 Å². The Bertz CT molecular complexity index is 887. The van der Waals surface area contributed by atoms with Gasteiger partial charge in [0.05, 0.1) is 17.7 Å². The Morgan fingerprint density at radius 1 is 1.27 bits per heavy atom. The number of hydrogen-bond acceptors (Lipinski definition) is 7. The average Bonchev–Trinajstić information content (AvgIpc) is 3.09. The van der Waals surface area contributed by atoms with Crippen LogP contribution in [0, 0.1) is 10.1 Å². The highest BCUT2D eigenvalue weighted by atomic mass is 35.5. The second kappa shape index (κ2) is 7.70. The maximum absolute atomic E-state index is 11.8. The number of nitrogens with one attached hydrogen (secondary N) is 2. The first-order chi connectivity index (χ1) is 12.5. The van der Waals surface area contributed by atoms with E-state index in [4.69, 9.17) is 21.1 Å². The number of carbonyl (C=O) groups excluding carboxylic acids is 1. The van der Waals surface area contributed by atoms with Gasteiger partial charge in [0, 0.05) is 34.5 Å². The van der Waals surface area contributed by atoms with Gasteiger partial charge in [0.25, 0.3) is 11.6 Å². The number of nitro groups is 1. The van der Waals surface area contributed by atoms with E-state index < -0.39 is 10.8 Å². The SMILES string of the molecule is O=C(CNc1ccc2c(c1)OCO2)N/N=C\c1cc([N+](=O)[O-])ccc1Cl. The third kappa shape index (κ3) is 4.19. The Labute approximate surface area is 152 Å². The molecule has 26 heavy (non-hydrogen) atoms. The number of carbonyl (C=O) groups is 1. The summed E-state index contributed by atoms with van der Waals surface area (Å²) in [6, 6.07) is 9.17. The fourth-order valence-corrected chi connectivity index (χ4v) is 2.31. The smallest absolute Gasteiger partial charge is 0.270 e. The van der Waals surface area contributed by atoms with Crippen molar-refractivity contribution in [3.63, 3.8) is 0 Å². The van der Waals surface area contributed by atoms with Crippen LogP contribution in [0.4, 0.5) is 11.4 Å². The Morgan fingerprint density at radius 2 is 2.08 bits per heavy atom. The van der Waals surface area contributed by atoms with Crippen LogP contribution in [0.1, 0.15) is 5.56 Å². The fourth-order valence-electron chi connectivity index (χ4n) is 2.15. The van der Waals surface area contributed by atoms with Crippen molar-refractivity contribution in [1.82, 2.24) is 5.43 Å². The summed E-state index contributed by atoms with van der Waals surface area (Å²) in [5, 5.41) is 17.7. The lowest BCUT2D eigenvalue weighted by Crippen LogP contribution is -2.25. The summed E-state index contributed by atoms with van der Waals surface area (Å²) < 4.78 is 10.5. The molecule has 0 radical (unpaired) electrons. The molecule has 9 nitrogen and oxygen atoms in total. The minimum absolute atomic E-state index is 0.0281. The van der Waals surface area contributed by atoms with Crippen LogP contribution in [0.3, 0.4) is 0 Å². The van der Waals surface area contributed by atoms with Gasteiger partial charge < -0.3 is 14.8 Å². The van der Waals surface area contributed by atoms with Crippen LogP contribution in [-0.4, -0.2) is 30.4 Å². The molecular formula is C16H13ClN4O5. The standard InChI is InChI=1S/C16H13ClN4O5/c17-13-3-2-12(21(23)24)5-10(13)7-19-20-16(22)8-18-11-1-4-14-15(6-11)26-9-25-14/h1-7,18H,8-9H2,(H,20,22)/b19-7-. The summed E-state index contributed by atoms with van der Waals surface area (Å²) in [7, 11) is 0. The molecule has 0 saturated heterocycles. The summed E-state index contributed by atoms with van der Waals surface area (Å²) in [6.45, 7) is 0.147. The molecule has 1 aliphatic rings. The van der Waals surface area contributed by atoms with Crippen molar-refractivity contribution >= 4 is 35.1 Å². The molecular weight excluding hydrogens is 364 g/mol. The van der Waals surface area contributed by atoms with E-state index >= 15 is 0 Å². The van der Waals surface area contributed by atoms with Gasteiger partial charge in [-0.2, -0.15) is 5.10 Å². The molecule has 0 atom stereocenters. The molecule has 1 heterocycles. The molecule has 2 aromatic carbocycles. The highest BCUT2D eigenvalue weighted by Gasteiger charge is 2.13. The average molecular weight is 377 g/mol. The molecule has 0 spiro atoms. The van der Waals surface area contributed by atoms with Crippen LogP contribution in [-0.2, 0) is 4.79 Å². The van der Waals surface area contributed by atoms with E-state index in [-0.39, 0.29) is 24.0 Å². The molecule has 0 saturated carbocycles. The van der Waals surface area contributed by atoms with E-state index in [2.05, 4.69) is 15.8 Å². The van der Waals surface area contributed by atoms with Crippen molar-refractivity contribution in [2.75, 3.05) is 18.7 Å². The van der Waals surface area contributed by atoms with Gasteiger partial charge in [0.1, 0.15) is 0 Å². The summed E-state index contributed by atoms with van der Waals surface area (Å²) in [5.41, 5.74) is 3.21. The number of anilines is 1. The largest absolute Gasteiger partial charge is 0.454 e. The van der Waals surface area contributed by atoms with E-state index in [9.17, 15) is 14.9 Å². The zero-order chi connectivity index (χ0) is 18.5. The highest BCUT2D eigenvalue weighted by molar-refractivity contribution is 6.33. The Balaban J connectivity index is 1.53. The zero-order valence-corrected chi connectivity index (χ0v) is 14.0. The molecule has 1 aliphatic heterocycles. The minimum Gasteiger partial charge on any atom is -0.454 e. The first-order valence-corrected chi connectivity index (χ1v) is 7.80. The summed E-state index contributed by atoms with van der Waals surface area (Å²) in [6.07, 6.45) is 1.24. The molecule has 2 aromatic rings.